The molecule has 1 fully saturated rings. The lowest BCUT2D eigenvalue weighted by atomic mass is 9.95. The molecule has 5 heteroatoms. The summed E-state index contributed by atoms with van der Waals surface area (Å²) in [7, 11) is 0. The van der Waals surface area contributed by atoms with Gasteiger partial charge in [-0.3, -0.25) is 0 Å². The van der Waals surface area contributed by atoms with Crippen molar-refractivity contribution in [1.29, 1.82) is 0 Å². The molecule has 0 spiro atoms. The molecule has 5 nitrogen and oxygen atoms in total. The molecule has 0 unspecified atom stereocenters. The van der Waals surface area contributed by atoms with Gasteiger partial charge in [0.15, 0.2) is 0 Å². The molecule has 0 amide bonds. The van der Waals surface area contributed by atoms with Gasteiger partial charge < -0.3 is 14.9 Å². The van der Waals surface area contributed by atoms with Crippen LogP contribution in [-0.2, 0) is 0 Å². The molecule has 0 saturated heterocycles. The smallest absolute Gasteiger partial charge is 0.263 e. The molecule has 21 heavy (non-hydrogen) atoms. The van der Waals surface area contributed by atoms with Gasteiger partial charge in [0, 0.05) is 12.1 Å². The zero-order valence-corrected chi connectivity index (χ0v) is 12.1. The minimum absolute atomic E-state index is 0.437. The Balaban J connectivity index is 1.62. The van der Waals surface area contributed by atoms with Gasteiger partial charge >= 0.3 is 0 Å². The molecule has 1 aliphatic carbocycles. The second-order valence-electron chi connectivity index (χ2n) is 5.78. The summed E-state index contributed by atoms with van der Waals surface area (Å²) < 4.78 is 5.24. The molecule has 1 aromatic carbocycles. The number of nitrogens with one attached hydrogen (secondary N) is 1. The highest BCUT2D eigenvalue weighted by Crippen LogP contribution is 2.27. The maximum Gasteiger partial charge on any atom is 0.263 e. The molecule has 1 saturated carbocycles. The Hall–Kier alpha value is -1.88. The normalized spacial score (nSPS) is 18.1. The van der Waals surface area contributed by atoms with Gasteiger partial charge in [-0.05, 0) is 30.1 Å². The summed E-state index contributed by atoms with van der Waals surface area (Å²) >= 11 is 0. The number of anilines is 1. The molecule has 1 aliphatic rings. The van der Waals surface area contributed by atoms with Crippen LogP contribution in [0.25, 0.3) is 11.5 Å². The summed E-state index contributed by atoms with van der Waals surface area (Å²) in [5.74, 6) is 0.928. The van der Waals surface area contributed by atoms with Crippen LogP contribution < -0.4 is 5.32 Å². The molecule has 2 N–H and O–H groups in total. The molecule has 0 atom stereocenters. The van der Waals surface area contributed by atoms with Gasteiger partial charge in [0.2, 0.25) is 0 Å². The van der Waals surface area contributed by atoms with Crippen molar-refractivity contribution < 1.29 is 9.63 Å². The van der Waals surface area contributed by atoms with Crippen LogP contribution >= 0.6 is 0 Å². The van der Waals surface area contributed by atoms with Crippen LogP contribution in [0.5, 0.6) is 0 Å². The third-order valence-corrected chi connectivity index (χ3v) is 4.06. The number of rotatable bonds is 4. The Bertz CT molecular complexity index is 560. The monoisotopic (exact) mass is 287 g/mol. The number of nitrogens with zero attached hydrogens (tertiary/aromatic N) is 2. The molecule has 1 aromatic heterocycles. The van der Waals surface area contributed by atoms with Crippen LogP contribution in [0.1, 0.15) is 38.5 Å². The maximum atomic E-state index is 10.6. The summed E-state index contributed by atoms with van der Waals surface area (Å²) in [5.41, 5.74) is 0.246. The molecule has 0 bridgehead atoms. The van der Waals surface area contributed by atoms with Crippen molar-refractivity contribution in [2.45, 2.75) is 44.1 Å². The van der Waals surface area contributed by atoms with Crippen molar-refractivity contribution in [2.75, 3.05) is 11.9 Å². The van der Waals surface area contributed by atoms with Crippen molar-refractivity contribution in [2.24, 2.45) is 0 Å². The number of hydrogen-bond donors (Lipinski definition) is 2. The van der Waals surface area contributed by atoms with E-state index in [0.29, 0.717) is 18.4 Å². The van der Waals surface area contributed by atoms with Crippen molar-refractivity contribution in [3.8, 4) is 11.5 Å². The van der Waals surface area contributed by atoms with E-state index in [4.69, 9.17) is 4.52 Å². The van der Waals surface area contributed by atoms with E-state index >= 15 is 0 Å². The average Bonchev–Trinajstić information content (AvgIpc) is 2.89. The fourth-order valence-electron chi connectivity index (χ4n) is 2.80. The highest BCUT2D eigenvalue weighted by molar-refractivity contribution is 5.53. The summed E-state index contributed by atoms with van der Waals surface area (Å²) in [4.78, 5) is 4.32. The average molecular weight is 287 g/mol. The maximum absolute atomic E-state index is 10.6. The van der Waals surface area contributed by atoms with Gasteiger partial charge in [-0.2, -0.15) is 4.98 Å². The van der Waals surface area contributed by atoms with Crippen LogP contribution in [-0.4, -0.2) is 27.4 Å². The predicted molar refractivity (Wildman–Crippen MR) is 80.9 cm³/mol. The first kappa shape index (κ1) is 14.1. The fourth-order valence-corrected chi connectivity index (χ4v) is 2.80. The second kappa shape index (κ2) is 6.26. The lowest BCUT2D eigenvalue weighted by Gasteiger charge is -2.26. The van der Waals surface area contributed by atoms with Crippen LogP contribution in [0.15, 0.2) is 34.9 Å². The van der Waals surface area contributed by atoms with Gasteiger partial charge in [-0.1, -0.05) is 43.9 Å². The minimum Gasteiger partial charge on any atom is -0.388 e. The molecule has 112 valence electrons. The highest BCUT2D eigenvalue weighted by atomic mass is 16.5. The van der Waals surface area contributed by atoms with Gasteiger partial charge in [0.05, 0.1) is 5.60 Å². The Labute approximate surface area is 124 Å². The summed E-state index contributed by atoms with van der Waals surface area (Å²) in [6, 6.07) is 9.66. The van der Waals surface area contributed by atoms with E-state index in [1.165, 1.54) is 12.8 Å². The summed E-state index contributed by atoms with van der Waals surface area (Å²) in [6.07, 6.45) is 6.26. The van der Waals surface area contributed by atoms with E-state index in [1.54, 1.807) is 0 Å². The molecule has 0 aliphatic heterocycles. The van der Waals surface area contributed by atoms with E-state index < -0.39 is 5.60 Å². The van der Waals surface area contributed by atoms with E-state index in [-0.39, 0.29) is 0 Å². The van der Waals surface area contributed by atoms with Crippen molar-refractivity contribution >= 4 is 5.95 Å². The third-order valence-electron chi connectivity index (χ3n) is 4.06. The SMILES string of the molecule is OC1(CNc2noc(-c3ccccc3)n2)CCCCCC1. The van der Waals surface area contributed by atoms with E-state index in [0.717, 1.165) is 31.2 Å². The zero-order valence-electron chi connectivity index (χ0n) is 12.1. The Kier molecular flexibility index (Phi) is 4.20. The second-order valence-corrected chi connectivity index (χ2v) is 5.78. The zero-order chi connectivity index (χ0) is 14.5. The lowest BCUT2D eigenvalue weighted by molar-refractivity contribution is 0.0379. The van der Waals surface area contributed by atoms with Crippen molar-refractivity contribution in [1.82, 2.24) is 10.1 Å². The number of aromatic nitrogens is 2. The van der Waals surface area contributed by atoms with Gasteiger partial charge in [-0.25, -0.2) is 0 Å². The standard InChI is InChI=1S/C16H21N3O2/c20-16(10-6-1-2-7-11-16)12-17-15-18-14(21-19-15)13-8-4-3-5-9-13/h3-5,8-9,20H,1-2,6-7,10-12H2,(H,17,19). The van der Waals surface area contributed by atoms with E-state index in [1.807, 2.05) is 30.3 Å². The van der Waals surface area contributed by atoms with Crippen LogP contribution in [0.2, 0.25) is 0 Å². The van der Waals surface area contributed by atoms with Crippen LogP contribution in [0.3, 0.4) is 0 Å². The summed E-state index contributed by atoms with van der Waals surface area (Å²) in [6.45, 7) is 0.473. The Morgan fingerprint density at radius 3 is 2.52 bits per heavy atom. The first-order valence-corrected chi connectivity index (χ1v) is 7.61. The van der Waals surface area contributed by atoms with Crippen LogP contribution in [0, 0.1) is 0 Å². The predicted octanol–water partition coefficient (Wildman–Crippen LogP) is 3.23. The Morgan fingerprint density at radius 2 is 1.81 bits per heavy atom. The molecular weight excluding hydrogens is 266 g/mol. The quantitative estimate of drug-likeness (QED) is 0.845. The largest absolute Gasteiger partial charge is 0.388 e. The van der Waals surface area contributed by atoms with Gasteiger partial charge in [0.1, 0.15) is 0 Å². The number of benzene rings is 1. The Morgan fingerprint density at radius 1 is 1.10 bits per heavy atom. The van der Waals surface area contributed by atoms with Crippen molar-refractivity contribution in [3.63, 3.8) is 0 Å². The molecule has 0 radical (unpaired) electrons. The van der Waals surface area contributed by atoms with E-state index in [2.05, 4.69) is 15.5 Å². The summed E-state index contributed by atoms with van der Waals surface area (Å²) in [5, 5.41) is 17.6. The van der Waals surface area contributed by atoms with E-state index in [9.17, 15) is 5.11 Å². The van der Waals surface area contributed by atoms with Gasteiger partial charge in [0.25, 0.3) is 11.8 Å². The molecular formula is C16H21N3O2. The van der Waals surface area contributed by atoms with Crippen LogP contribution in [0.4, 0.5) is 5.95 Å². The minimum atomic E-state index is -0.649. The fraction of sp³-hybridized carbons (Fsp3) is 0.500. The first-order valence-electron chi connectivity index (χ1n) is 7.61. The lowest BCUT2D eigenvalue weighted by Crippen LogP contribution is -2.36. The third kappa shape index (κ3) is 3.61. The molecule has 2 aromatic rings. The number of hydrogen-bond acceptors (Lipinski definition) is 5. The van der Waals surface area contributed by atoms with Crippen molar-refractivity contribution in [3.05, 3.63) is 30.3 Å². The number of aliphatic hydroxyl groups is 1. The van der Waals surface area contributed by atoms with Gasteiger partial charge in [-0.15, -0.1) is 0 Å². The molecule has 3 rings (SSSR count). The topological polar surface area (TPSA) is 71.2 Å². The first-order chi connectivity index (χ1) is 10.3. The highest BCUT2D eigenvalue weighted by Gasteiger charge is 2.28. The molecule has 1 heterocycles.